The average molecular weight is 541 g/mol. The summed E-state index contributed by atoms with van der Waals surface area (Å²) in [7, 11) is 0. The van der Waals surface area contributed by atoms with Crippen molar-refractivity contribution in [3.8, 4) is 17.1 Å². The second-order valence-electron chi connectivity index (χ2n) is 11.1. The molecule has 1 saturated carbocycles. The molecule has 39 heavy (non-hydrogen) atoms. The van der Waals surface area contributed by atoms with Crippen LogP contribution in [0.15, 0.2) is 65.2 Å². The van der Waals surface area contributed by atoms with E-state index in [-0.39, 0.29) is 11.8 Å². The zero-order valence-electron chi connectivity index (χ0n) is 21.9. The van der Waals surface area contributed by atoms with Gasteiger partial charge in [-0.25, -0.2) is 4.98 Å². The van der Waals surface area contributed by atoms with Crippen molar-refractivity contribution in [3.05, 3.63) is 66.4 Å². The van der Waals surface area contributed by atoms with E-state index in [9.17, 15) is 13.2 Å². The topological polar surface area (TPSA) is 62.6 Å². The fraction of sp³-hybridized carbons (Fsp3) is 0.500. The number of piperidine rings is 1. The van der Waals surface area contributed by atoms with Crippen molar-refractivity contribution in [2.24, 2.45) is 0 Å². The standard InChI is InChI=1S/C30H35F3N4O2/c31-30(32,33)39-23-14-10-21(11-15-23)28-18-34-29(38-28)36-25-9-5-4-8-24(25)35-26-16-12-22-13-17-27(26)37(22)19-20-6-2-1-3-7-20/h1-3,6-7,10-11,14-15,18,22,24-27,35H,4-5,8-9,12-13,16-17,19H2,(H,34,36)/t22-,24?,25?,26?,27?/m0/s1. The highest BCUT2D eigenvalue weighted by Gasteiger charge is 2.43. The number of hydrogen-bond donors (Lipinski definition) is 2. The molecular formula is C30H35F3N4O2. The first-order valence-electron chi connectivity index (χ1n) is 14.1. The Labute approximate surface area is 226 Å². The lowest BCUT2D eigenvalue weighted by Crippen LogP contribution is -2.58. The quantitative estimate of drug-likeness (QED) is 0.330. The van der Waals surface area contributed by atoms with Gasteiger partial charge in [0, 0.05) is 42.3 Å². The fourth-order valence-electron chi connectivity index (χ4n) is 6.74. The lowest BCUT2D eigenvalue weighted by atomic mass is 9.87. The molecule has 2 N–H and O–H groups in total. The number of rotatable bonds is 8. The van der Waals surface area contributed by atoms with Crippen LogP contribution in [0.1, 0.15) is 56.9 Å². The van der Waals surface area contributed by atoms with Gasteiger partial charge in [-0.05, 0) is 68.4 Å². The third kappa shape index (κ3) is 6.25. The lowest BCUT2D eigenvalue weighted by Gasteiger charge is -2.44. The summed E-state index contributed by atoms with van der Waals surface area (Å²) in [4.78, 5) is 7.15. The highest BCUT2D eigenvalue weighted by Crippen LogP contribution is 2.38. The Bertz CT molecular complexity index is 1220. The number of nitrogens with zero attached hydrogens (tertiary/aromatic N) is 2. The van der Waals surface area contributed by atoms with Gasteiger partial charge in [0.1, 0.15) is 5.75 Å². The van der Waals surface area contributed by atoms with Gasteiger partial charge in [0.15, 0.2) is 5.76 Å². The number of alkyl halides is 3. The normalized spacial score (nSPS) is 27.4. The number of fused-ring (bicyclic) bond motifs is 2. The zero-order valence-corrected chi connectivity index (χ0v) is 21.9. The van der Waals surface area contributed by atoms with Crippen LogP contribution in [0.25, 0.3) is 11.3 Å². The van der Waals surface area contributed by atoms with Crippen molar-refractivity contribution in [2.45, 2.75) is 94.5 Å². The van der Waals surface area contributed by atoms with Crippen molar-refractivity contribution in [2.75, 3.05) is 5.32 Å². The first-order valence-corrected chi connectivity index (χ1v) is 14.1. The number of nitrogens with one attached hydrogen (secondary N) is 2. The third-order valence-electron chi connectivity index (χ3n) is 8.56. The van der Waals surface area contributed by atoms with Crippen LogP contribution in [0, 0.1) is 0 Å². The van der Waals surface area contributed by atoms with Gasteiger partial charge in [0.25, 0.3) is 6.01 Å². The van der Waals surface area contributed by atoms with Crippen molar-refractivity contribution in [1.82, 2.24) is 15.2 Å². The molecule has 6 rings (SSSR count). The van der Waals surface area contributed by atoms with Gasteiger partial charge in [-0.15, -0.1) is 13.2 Å². The van der Waals surface area contributed by atoms with Crippen LogP contribution in [0.2, 0.25) is 0 Å². The van der Waals surface area contributed by atoms with Crippen LogP contribution < -0.4 is 15.4 Å². The number of hydrogen-bond acceptors (Lipinski definition) is 6. The Morgan fingerprint density at radius 1 is 0.872 bits per heavy atom. The minimum absolute atomic E-state index is 0.203. The molecule has 208 valence electrons. The average Bonchev–Trinajstić information content (AvgIpc) is 3.49. The summed E-state index contributed by atoms with van der Waals surface area (Å²) in [5, 5.41) is 7.58. The minimum atomic E-state index is -4.72. The number of halogens is 3. The maximum Gasteiger partial charge on any atom is 0.573 e. The number of ether oxygens (including phenoxy) is 1. The van der Waals surface area contributed by atoms with Gasteiger partial charge >= 0.3 is 6.36 Å². The summed E-state index contributed by atoms with van der Waals surface area (Å²) in [6.07, 6.45) is 6.36. The van der Waals surface area contributed by atoms with Gasteiger partial charge in [-0.2, -0.15) is 0 Å². The van der Waals surface area contributed by atoms with E-state index in [2.05, 4.69) is 55.6 Å². The van der Waals surface area contributed by atoms with Crippen molar-refractivity contribution in [1.29, 1.82) is 0 Å². The Balaban J connectivity index is 1.09. The molecule has 1 aliphatic carbocycles. The molecular weight excluding hydrogens is 505 g/mol. The third-order valence-corrected chi connectivity index (χ3v) is 8.56. The maximum atomic E-state index is 12.5. The van der Waals surface area contributed by atoms with E-state index in [0.29, 0.717) is 41.5 Å². The highest BCUT2D eigenvalue weighted by atomic mass is 19.4. The summed E-state index contributed by atoms with van der Waals surface area (Å²) >= 11 is 0. The smallest absolute Gasteiger partial charge is 0.424 e. The number of anilines is 1. The molecule has 1 aromatic heterocycles. The van der Waals surface area contributed by atoms with E-state index in [0.717, 1.165) is 25.8 Å². The summed E-state index contributed by atoms with van der Waals surface area (Å²) in [5.74, 6) is 0.232. The second-order valence-corrected chi connectivity index (χ2v) is 11.1. The summed E-state index contributed by atoms with van der Waals surface area (Å²) in [6.45, 7) is 1.02. The minimum Gasteiger partial charge on any atom is -0.424 e. The van der Waals surface area contributed by atoms with E-state index < -0.39 is 6.36 Å². The van der Waals surface area contributed by atoms with Crippen molar-refractivity contribution in [3.63, 3.8) is 0 Å². The molecule has 4 unspecified atom stereocenters. The Hall–Kier alpha value is -3.04. The van der Waals surface area contributed by atoms with Crippen LogP contribution >= 0.6 is 0 Å². The zero-order chi connectivity index (χ0) is 26.8. The molecule has 2 saturated heterocycles. The van der Waals surface area contributed by atoms with Crippen LogP contribution in [-0.2, 0) is 6.54 Å². The summed E-state index contributed by atoms with van der Waals surface area (Å²) < 4.78 is 47.3. The SMILES string of the molecule is FC(F)(F)Oc1ccc(-c2cnc(NC3CCCCC3NC3CC[C@H]4CCC3N4Cc3ccccc3)o2)cc1. The molecule has 2 aromatic carbocycles. The molecule has 3 heterocycles. The lowest BCUT2D eigenvalue weighted by molar-refractivity contribution is -0.274. The van der Waals surface area contributed by atoms with E-state index in [1.54, 1.807) is 6.20 Å². The first-order chi connectivity index (χ1) is 18.9. The van der Waals surface area contributed by atoms with Crippen LogP contribution in [0.4, 0.5) is 19.2 Å². The number of benzene rings is 2. The molecule has 2 aliphatic heterocycles. The monoisotopic (exact) mass is 540 g/mol. The predicted molar refractivity (Wildman–Crippen MR) is 143 cm³/mol. The molecule has 0 spiro atoms. The molecule has 3 aromatic rings. The highest BCUT2D eigenvalue weighted by molar-refractivity contribution is 5.58. The van der Waals surface area contributed by atoms with Gasteiger partial charge in [-0.3, -0.25) is 4.90 Å². The second kappa shape index (κ2) is 11.2. The molecule has 3 aliphatic rings. The summed E-state index contributed by atoms with van der Waals surface area (Å²) in [5.41, 5.74) is 2.02. The Morgan fingerprint density at radius 2 is 1.62 bits per heavy atom. The largest absolute Gasteiger partial charge is 0.573 e. The van der Waals surface area contributed by atoms with Crippen molar-refractivity contribution < 1.29 is 22.3 Å². The van der Waals surface area contributed by atoms with Crippen LogP contribution in [0.3, 0.4) is 0 Å². The van der Waals surface area contributed by atoms with Gasteiger partial charge in [0.05, 0.1) is 6.20 Å². The summed E-state index contributed by atoms with van der Waals surface area (Å²) in [6, 6.07) is 19.1. The van der Waals surface area contributed by atoms with Gasteiger partial charge in [0.2, 0.25) is 0 Å². The van der Waals surface area contributed by atoms with Crippen molar-refractivity contribution >= 4 is 6.01 Å². The predicted octanol–water partition coefficient (Wildman–Crippen LogP) is 6.75. The Morgan fingerprint density at radius 3 is 2.38 bits per heavy atom. The van der Waals surface area contributed by atoms with E-state index >= 15 is 0 Å². The van der Waals surface area contributed by atoms with Crippen LogP contribution in [0.5, 0.6) is 5.75 Å². The van der Waals surface area contributed by atoms with Crippen LogP contribution in [-0.4, -0.2) is 46.5 Å². The number of aromatic nitrogens is 1. The van der Waals surface area contributed by atoms with Gasteiger partial charge in [-0.1, -0.05) is 43.2 Å². The molecule has 2 bridgehead atoms. The Kier molecular flexibility index (Phi) is 7.53. The molecule has 0 radical (unpaired) electrons. The molecule has 9 heteroatoms. The fourth-order valence-corrected chi connectivity index (χ4v) is 6.74. The van der Waals surface area contributed by atoms with E-state index in [4.69, 9.17) is 4.42 Å². The van der Waals surface area contributed by atoms with Gasteiger partial charge < -0.3 is 19.8 Å². The first kappa shape index (κ1) is 26.2. The molecule has 5 atom stereocenters. The van der Waals surface area contributed by atoms with E-state index in [1.807, 2.05) is 0 Å². The maximum absolute atomic E-state index is 12.5. The molecule has 3 fully saturated rings. The number of oxazole rings is 1. The van der Waals surface area contributed by atoms with E-state index in [1.165, 1.54) is 61.9 Å². The molecule has 6 nitrogen and oxygen atoms in total. The molecule has 0 amide bonds.